The third-order valence-corrected chi connectivity index (χ3v) is 17.2. The number of hydrogen-bond acceptors (Lipinski definition) is 13. The number of halogens is 2. The van der Waals surface area contributed by atoms with Crippen LogP contribution in [0.5, 0.6) is 11.8 Å². The minimum absolute atomic E-state index is 0.00103. The number of amides is 3. The number of piperazine rings is 1. The summed E-state index contributed by atoms with van der Waals surface area (Å²) in [5.41, 5.74) is 3.12. The van der Waals surface area contributed by atoms with E-state index in [0.717, 1.165) is 106 Å². The Balaban J connectivity index is 0.663. The van der Waals surface area contributed by atoms with E-state index in [4.69, 9.17) is 14.7 Å². The number of rotatable bonds is 12. The van der Waals surface area contributed by atoms with Crippen LogP contribution in [0.1, 0.15) is 86.7 Å². The Kier molecular flexibility index (Phi) is 11.9. The van der Waals surface area contributed by atoms with Crippen LogP contribution in [-0.2, 0) is 22.6 Å². The van der Waals surface area contributed by atoms with Crippen LogP contribution in [0.25, 0.3) is 32.9 Å². The predicted octanol–water partition coefficient (Wildman–Crippen LogP) is 6.10. The van der Waals surface area contributed by atoms with Crippen LogP contribution in [0, 0.1) is 16.6 Å². The Labute approximate surface area is 423 Å². The fraction of sp³-hybridized carbons (Fsp3) is 0.527. The number of nitrogens with one attached hydrogen (secondary N) is 1. The van der Waals surface area contributed by atoms with Crippen LogP contribution in [0.3, 0.4) is 0 Å². The number of ether oxygens (including phenoxy) is 1. The molecular formula is C55H65F2N10O6+. The van der Waals surface area contributed by atoms with E-state index in [1.54, 1.807) is 23.2 Å². The van der Waals surface area contributed by atoms with Gasteiger partial charge in [0.15, 0.2) is 12.5 Å². The molecule has 16 nitrogen and oxygen atoms in total. The van der Waals surface area contributed by atoms with Gasteiger partial charge in [0.05, 0.1) is 23.0 Å². The van der Waals surface area contributed by atoms with Gasteiger partial charge in [-0.1, -0.05) is 25.1 Å². The lowest BCUT2D eigenvalue weighted by molar-refractivity contribution is -1.11. The summed E-state index contributed by atoms with van der Waals surface area (Å²) in [6.07, 6.45) is 8.13. The van der Waals surface area contributed by atoms with Gasteiger partial charge in [0, 0.05) is 87.2 Å². The molecule has 8 heterocycles. The number of pyridine rings is 1. The van der Waals surface area contributed by atoms with Crippen molar-refractivity contribution < 1.29 is 42.9 Å². The molecule has 0 unspecified atom stereocenters. The molecule has 2 atom stereocenters. The van der Waals surface area contributed by atoms with Crippen LogP contribution in [-0.4, -0.2) is 159 Å². The van der Waals surface area contributed by atoms with E-state index in [-0.39, 0.29) is 52.0 Å². The highest BCUT2D eigenvalue weighted by atomic mass is 19.2. The molecule has 1 aliphatic carbocycles. The number of benzene rings is 3. The zero-order valence-corrected chi connectivity index (χ0v) is 41.8. The normalized spacial score (nSPS) is 24.8. The van der Waals surface area contributed by atoms with Crippen molar-refractivity contribution in [3.63, 3.8) is 0 Å². The monoisotopic (exact) mass is 1000 g/mol. The maximum Gasteiger partial charge on any atom is 0.319 e. The molecule has 3 N–H and O–H groups in total. The molecule has 1 saturated carbocycles. The second-order valence-electron chi connectivity index (χ2n) is 22.8. The SMILES string of the molecule is CCc1cccc2cc(O)cc(-c3ncc4c(N5CCC[C@@](C)(O)C5)nc(OCC5(CN6CCC7(CC6)C[N+](F)(CN6CCN(c8ccc9c(c8)CN([C@H]8CCC(=O)NC8=O)C9=O)CC6)C7)CC5)nc4c3F)c12. The Morgan fingerprint density at radius 3 is 2.44 bits per heavy atom. The number of quaternary nitrogens is 1. The minimum Gasteiger partial charge on any atom is -0.508 e. The van der Waals surface area contributed by atoms with E-state index in [0.29, 0.717) is 87.6 Å². The van der Waals surface area contributed by atoms with E-state index in [9.17, 15) is 24.6 Å². The molecule has 2 aromatic heterocycles. The highest BCUT2D eigenvalue weighted by Crippen LogP contribution is 2.50. The number of carbonyl (C=O) groups is 3. The summed E-state index contributed by atoms with van der Waals surface area (Å²) in [6, 6.07) is 14.4. The van der Waals surface area contributed by atoms with Crippen molar-refractivity contribution in [2.24, 2.45) is 10.8 Å². The number of aliphatic hydroxyl groups is 1. The Hall–Kier alpha value is -6.08. The van der Waals surface area contributed by atoms with Crippen LogP contribution in [0.2, 0.25) is 0 Å². The third-order valence-electron chi connectivity index (χ3n) is 17.2. The number of aromatic hydroxyl groups is 1. The van der Waals surface area contributed by atoms with Crippen LogP contribution >= 0.6 is 0 Å². The second-order valence-corrected chi connectivity index (χ2v) is 22.8. The summed E-state index contributed by atoms with van der Waals surface area (Å²) in [4.78, 5) is 62.3. The van der Waals surface area contributed by atoms with Crippen molar-refractivity contribution in [1.29, 1.82) is 0 Å². The number of imide groups is 1. The average Bonchev–Trinajstić information content (AvgIpc) is 4.05. The number of hydrogen-bond donors (Lipinski definition) is 3. The van der Waals surface area contributed by atoms with Crippen LogP contribution < -0.4 is 19.9 Å². The number of carbonyl (C=O) groups excluding carboxylic acids is 3. The number of likely N-dealkylation sites (tertiary alicyclic amines) is 2. The number of aromatic nitrogens is 3. The zero-order chi connectivity index (χ0) is 50.4. The first-order chi connectivity index (χ1) is 35.1. The van der Waals surface area contributed by atoms with Gasteiger partial charge in [0.25, 0.3) is 5.91 Å². The molecular weight excluding hydrogens is 935 g/mol. The summed E-state index contributed by atoms with van der Waals surface area (Å²) in [6.45, 7) is 12.6. The topological polar surface area (TPSA) is 168 Å². The molecule has 0 bridgehead atoms. The van der Waals surface area contributed by atoms with Crippen molar-refractivity contribution >= 4 is 50.9 Å². The molecule has 0 radical (unpaired) electrons. The Morgan fingerprint density at radius 2 is 1.70 bits per heavy atom. The van der Waals surface area contributed by atoms with Gasteiger partial charge in [-0.3, -0.25) is 29.6 Å². The maximum atomic E-state index is 17.2. The molecule has 73 heavy (non-hydrogen) atoms. The first kappa shape index (κ1) is 47.9. The van der Waals surface area contributed by atoms with Gasteiger partial charge >= 0.3 is 6.01 Å². The lowest BCUT2D eigenvalue weighted by Gasteiger charge is -2.54. The summed E-state index contributed by atoms with van der Waals surface area (Å²) in [5.74, 6) is -1.03. The van der Waals surface area contributed by atoms with Crippen molar-refractivity contribution in [3.8, 4) is 23.0 Å². The quantitative estimate of drug-likeness (QED) is 0.0971. The van der Waals surface area contributed by atoms with Gasteiger partial charge in [-0.05, 0) is 128 Å². The van der Waals surface area contributed by atoms with Gasteiger partial charge in [-0.25, -0.2) is 4.39 Å². The molecule has 1 spiro atoms. The molecule has 6 aliphatic heterocycles. The summed E-state index contributed by atoms with van der Waals surface area (Å²) >= 11 is 0. The van der Waals surface area contributed by atoms with E-state index >= 15 is 8.87 Å². The zero-order valence-electron chi connectivity index (χ0n) is 41.8. The number of phenolic OH excluding ortho intramolecular Hbond substituents is 1. The van der Waals surface area contributed by atoms with Gasteiger partial charge in [-0.15, -0.1) is 4.71 Å². The van der Waals surface area contributed by atoms with Gasteiger partial charge in [0.1, 0.15) is 41.9 Å². The summed E-state index contributed by atoms with van der Waals surface area (Å²) in [7, 11) is 0. The van der Waals surface area contributed by atoms with Crippen molar-refractivity contribution in [1.82, 2.24) is 35.0 Å². The largest absolute Gasteiger partial charge is 0.508 e. The second kappa shape index (κ2) is 18.1. The molecule has 6 fully saturated rings. The van der Waals surface area contributed by atoms with Crippen LogP contribution in [0.4, 0.5) is 20.4 Å². The molecule has 3 aromatic carbocycles. The maximum absolute atomic E-state index is 17.2. The molecule has 12 rings (SSSR count). The number of nitrogens with zero attached hydrogens (tertiary/aromatic N) is 9. The van der Waals surface area contributed by atoms with Crippen molar-refractivity contribution in [2.75, 3.05) is 95.1 Å². The highest BCUT2D eigenvalue weighted by Gasteiger charge is 2.60. The van der Waals surface area contributed by atoms with E-state index in [1.165, 1.54) is 0 Å². The minimum atomic E-state index is -0.948. The molecule has 18 heteroatoms. The fourth-order valence-electron chi connectivity index (χ4n) is 13.1. The number of fused-ring (bicyclic) bond motifs is 3. The number of anilines is 2. The van der Waals surface area contributed by atoms with E-state index < -0.39 is 28.1 Å². The molecule has 5 saturated heterocycles. The van der Waals surface area contributed by atoms with Crippen LogP contribution in [0.15, 0.2) is 54.7 Å². The van der Waals surface area contributed by atoms with Gasteiger partial charge < -0.3 is 34.5 Å². The van der Waals surface area contributed by atoms with E-state index in [1.807, 2.05) is 55.1 Å². The lowest BCUT2D eigenvalue weighted by Crippen LogP contribution is -2.70. The smallest absolute Gasteiger partial charge is 0.319 e. The van der Waals surface area contributed by atoms with E-state index in [2.05, 4.69) is 25.0 Å². The number of β-amino-alcohol motifs (C(OH)–C–C–N with tert-alkyl or cyclic N) is 1. The Morgan fingerprint density at radius 1 is 0.904 bits per heavy atom. The standard InChI is InChI=1S/C55H64F2N10O6/c1-3-35-6-4-7-36-25-39(68)26-41(45(35)36)47-46(56)48-42(27-58-47)49(65-17-5-12-53(2,72)29-65)61-52(60-48)73-33-54(13-14-54)30-62-18-15-55(16-19-62)31-67(57,32-55)34-63-20-22-64(23-21-63)38-8-9-40-37(24-38)28-66(51(40)71)43-10-11-44(69)59-50(43)70/h4,6-9,24-27,43,72H,3,5,10-23,28-34H2,1-2H3,(H-,59,68,69,70)/p+1/t43-,53+/m0/s1. The number of aryl methyl sites for hydroxylation is 1. The van der Waals surface area contributed by atoms with Gasteiger partial charge in [0.2, 0.25) is 11.8 Å². The molecule has 3 amide bonds. The van der Waals surface area contributed by atoms with Crippen molar-refractivity contribution in [2.45, 2.75) is 89.8 Å². The van der Waals surface area contributed by atoms with Gasteiger partial charge in [-0.2, -0.15) is 9.97 Å². The summed E-state index contributed by atoms with van der Waals surface area (Å²) < 4.78 is 39.6. The lowest BCUT2D eigenvalue weighted by atomic mass is 9.71. The fourth-order valence-corrected chi connectivity index (χ4v) is 13.1. The molecule has 384 valence electrons. The first-order valence-corrected chi connectivity index (χ1v) is 26.3. The summed E-state index contributed by atoms with van der Waals surface area (Å²) in [5, 5.41) is 26.3. The highest BCUT2D eigenvalue weighted by molar-refractivity contribution is 6.06. The van der Waals surface area contributed by atoms with Crippen molar-refractivity contribution in [3.05, 3.63) is 77.2 Å². The third kappa shape index (κ3) is 9.11. The number of piperidine rings is 3. The first-order valence-electron chi connectivity index (χ1n) is 26.3. The molecule has 7 aliphatic rings. The number of phenols is 1. The Bertz CT molecular complexity index is 3030. The molecule has 5 aromatic rings. The average molecular weight is 1000 g/mol. The predicted molar refractivity (Wildman–Crippen MR) is 271 cm³/mol.